The van der Waals surface area contributed by atoms with E-state index in [9.17, 15) is 4.79 Å². The smallest absolute Gasteiger partial charge is 0.252 e. The van der Waals surface area contributed by atoms with Crippen molar-refractivity contribution < 1.29 is 14.3 Å². The molecule has 0 aliphatic carbocycles. The number of methoxy groups -OCH3 is 2. The summed E-state index contributed by atoms with van der Waals surface area (Å²) in [6.45, 7) is 0. The summed E-state index contributed by atoms with van der Waals surface area (Å²) >= 11 is 1.52. The zero-order chi connectivity index (χ0) is 19.7. The lowest BCUT2D eigenvalue weighted by Crippen LogP contribution is -2.14. The molecule has 0 N–H and O–H groups in total. The number of aryl methyl sites for hydroxylation is 1. The lowest BCUT2D eigenvalue weighted by Gasteiger charge is -2.08. The van der Waals surface area contributed by atoms with Crippen LogP contribution in [0.1, 0.15) is 5.56 Å². The number of hydrogen-bond donors (Lipinski definition) is 0. The number of aromatic nitrogens is 1. The summed E-state index contributed by atoms with van der Waals surface area (Å²) in [7, 11) is 5.13. The number of fused-ring (bicyclic) bond motifs is 3. The molecule has 0 atom stereocenters. The van der Waals surface area contributed by atoms with Crippen LogP contribution < -0.4 is 14.3 Å². The van der Waals surface area contributed by atoms with E-state index in [-0.39, 0.29) is 12.3 Å². The summed E-state index contributed by atoms with van der Waals surface area (Å²) in [5.74, 6) is 1.09. The molecule has 28 heavy (non-hydrogen) atoms. The van der Waals surface area contributed by atoms with Gasteiger partial charge in [-0.05, 0) is 17.5 Å². The highest BCUT2D eigenvalue weighted by Gasteiger charge is 2.12. The van der Waals surface area contributed by atoms with Gasteiger partial charge in [0.2, 0.25) is 0 Å². The molecular weight excluding hydrogens is 372 g/mol. The van der Waals surface area contributed by atoms with Crippen molar-refractivity contribution in [1.29, 1.82) is 0 Å². The topological polar surface area (TPSA) is 52.8 Å². The van der Waals surface area contributed by atoms with Gasteiger partial charge in [-0.25, -0.2) is 0 Å². The van der Waals surface area contributed by atoms with Gasteiger partial charge in [-0.3, -0.25) is 4.79 Å². The SMILES string of the molecule is COc1ccc(CC(=O)N=c2sc3ccc4ccccc4c3n2C)c(OC)c1. The van der Waals surface area contributed by atoms with Crippen LogP contribution in [0.4, 0.5) is 0 Å². The van der Waals surface area contributed by atoms with Gasteiger partial charge in [0.1, 0.15) is 11.5 Å². The van der Waals surface area contributed by atoms with Gasteiger partial charge in [-0.1, -0.05) is 47.7 Å². The molecule has 0 saturated carbocycles. The Kier molecular flexibility index (Phi) is 4.88. The summed E-state index contributed by atoms with van der Waals surface area (Å²) < 4.78 is 13.7. The van der Waals surface area contributed by atoms with Crippen LogP contribution in [0, 0.1) is 0 Å². The Morgan fingerprint density at radius 1 is 1.07 bits per heavy atom. The maximum Gasteiger partial charge on any atom is 0.252 e. The molecule has 142 valence electrons. The number of rotatable bonds is 4. The predicted octanol–water partition coefficient (Wildman–Crippen LogP) is 4.08. The van der Waals surface area contributed by atoms with Crippen molar-refractivity contribution in [1.82, 2.24) is 4.57 Å². The Morgan fingerprint density at radius 2 is 1.89 bits per heavy atom. The van der Waals surface area contributed by atoms with Crippen molar-refractivity contribution in [3.05, 3.63) is 65.0 Å². The number of ether oxygens (including phenoxy) is 2. The molecule has 6 heteroatoms. The van der Waals surface area contributed by atoms with Crippen molar-refractivity contribution in [2.45, 2.75) is 6.42 Å². The van der Waals surface area contributed by atoms with Crippen LogP contribution in [-0.4, -0.2) is 24.7 Å². The van der Waals surface area contributed by atoms with E-state index in [1.165, 1.54) is 16.7 Å². The third-order valence-corrected chi connectivity index (χ3v) is 5.84. The molecule has 5 nitrogen and oxygen atoms in total. The van der Waals surface area contributed by atoms with Crippen LogP contribution in [0.5, 0.6) is 11.5 Å². The molecule has 1 aromatic heterocycles. The number of carbonyl (C=O) groups is 1. The fourth-order valence-corrected chi connectivity index (χ4v) is 4.38. The quantitative estimate of drug-likeness (QED) is 0.526. The zero-order valence-electron chi connectivity index (χ0n) is 15.9. The third-order valence-electron chi connectivity index (χ3n) is 4.74. The van der Waals surface area contributed by atoms with Gasteiger partial charge < -0.3 is 14.0 Å². The monoisotopic (exact) mass is 392 g/mol. The molecule has 1 heterocycles. The van der Waals surface area contributed by atoms with Crippen LogP contribution >= 0.6 is 11.3 Å². The molecule has 0 radical (unpaired) electrons. The summed E-state index contributed by atoms with van der Waals surface area (Å²) in [6, 6.07) is 17.8. The lowest BCUT2D eigenvalue weighted by molar-refractivity contribution is -0.117. The Labute approximate surface area is 166 Å². The number of nitrogens with zero attached hydrogens (tertiary/aromatic N) is 2. The highest BCUT2D eigenvalue weighted by molar-refractivity contribution is 7.16. The zero-order valence-corrected chi connectivity index (χ0v) is 16.7. The molecule has 3 aromatic carbocycles. The summed E-state index contributed by atoms with van der Waals surface area (Å²) in [5, 5.41) is 2.33. The average molecular weight is 392 g/mol. The second kappa shape index (κ2) is 7.48. The van der Waals surface area contributed by atoms with Gasteiger partial charge >= 0.3 is 0 Å². The molecule has 0 fully saturated rings. The van der Waals surface area contributed by atoms with Crippen molar-refractivity contribution in [2.75, 3.05) is 14.2 Å². The maximum absolute atomic E-state index is 12.6. The van der Waals surface area contributed by atoms with E-state index in [1.807, 2.05) is 35.9 Å². The molecule has 0 aliphatic heterocycles. The molecule has 4 rings (SSSR count). The van der Waals surface area contributed by atoms with Gasteiger partial charge in [0.15, 0.2) is 4.80 Å². The maximum atomic E-state index is 12.6. The van der Waals surface area contributed by atoms with E-state index in [0.717, 1.165) is 21.2 Å². The summed E-state index contributed by atoms with van der Waals surface area (Å²) in [6.07, 6.45) is 0.169. The Morgan fingerprint density at radius 3 is 2.68 bits per heavy atom. The van der Waals surface area contributed by atoms with Crippen LogP contribution in [0.3, 0.4) is 0 Å². The van der Waals surface area contributed by atoms with Crippen LogP contribution in [0.15, 0.2) is 59.6 Å². The molecule has 0 spiro atoms. The number of thiazole rings is 1. The minimum Gasteiger partial charge on any atom is -0.497 e. The summed E-state index contributed by atoms with van der Waals surface area (Å²) in [5.41, 5.74) is 1.88. The fraction of sp³-hybridized carbons (Fsp3) is 0.182. The number of benzene rings is 3. The van der Waals surface area contributed by atoms with Crippen LogP contribution in [-0.2, 0) is 18.3 Å². The lowest BCUT2D eigenvalue weighted by atomic mass is 10.1. The second-order valence-electron chi connectivity index (χ2n) is 6.44. The minimum atomic E-state index is -0.213. The van der Waals surface area contributed by atoms with E-state index in [1.54, 1.807) is 20.3 Å². The number of hydrogen-bond acceptors (Lipinski definition) is 4. The van der Waals surface area contributed by atoms with E-state index < -0.39 is 0 Å². The van der Waals surface area contributed by atoms with Gasteiger partial charge in [0.05, 0.1) is 30.9 Å². The Hall–Kier alpha value is -3.12. The molecule has 0 unspecified atom stereocenters. The van der Waals surface area contributed by atoms with E-state index >= 15 is 0 Å². The standard InChI is InChI=1S/C22H20N2O3S/c1-24-21-17-7-5-4-6-14(17)9-11-19(21)28-22(24)23-20(25)12-15-8-10-16(26-2)13-18(15)27-3/h4-11,13H,12H2,1-3H3. The second-order valence-corrected chi connectivity index (χ2v) is 7.45. The highest BCUT2D eigenvalue weighted by Crippen LogP contribution is 2.27. The van der Waals surface area contributed by atoms with Crippen molar-refractivity contribution in [3.8, 4) is 11.5 Å². The molecule has 0 bridgehead atoms. The molecule has 1 amide bonds. The first-order valence-electron chi connectivity index (χ1n) is 8.86. The van der Waals surface area contributed by atoms with Gasteiger partial charge in [0.25, 0.3) is 5.91 Å². The third kappa shape index (κ3) is 3.27. The first kappa shape index (κ1) is 18.3. The van der Waals surface area contributed by atoms with E-state index in [2.05, 4.69) is 29.3 Å². The van der Waals surface area contributed by atoms with Crippen LogP contribution in [0.2, 0.25) is 0 Å². The largest absolute Gasteiger partial charge is 0.497 e. The molecule has 0 saturated heterocycles. The van der Waals surface area contributed by atoms with E-state index in [4.69, 9.17) is 9.47 Å². The Balaban J connectivity index is 1.73. The summed E-state index contributed by atoms with van der Waals surface area (Å²) in [4.78, 5) is 17.7. The van der Waals surface area contributed by atoms with Crippen molar-refractivity contribution in [2.24, 2.45) is 12.0 Å². The van der Waals surface area contributed by atoms with Crippen molar-refractivity contribution >= 4 is 38.2 Å². The molecule has 4 aromatic rings. The fourth-order valence-electron chi connectivity index (χ4n) is 3.33. The van der Waals surface area contributed by atoms with E-state index in [0.29, 0.717) is 16.3 Å². The van der Waals surface area contributed by atoms with Crippen LogP contribution in [0.25, 0.3) is 21.0 Å². The normalized spacial score (nSPS) is 11.9. The first-order chi connectivity index (χ1) is 13.6. The van der Waals surface area contributed by atoms with Gasteiger partial charge in [-0.15, -0.1) is 0 Å². The predicted molar refractivity (Wildman–Crippen MR) is 112 cm³/mol. The molecule has 0 aliphatic rings. The Bertz CT molecular complexity index is 1250. The first-order valence-corrected chi connectivity index (χ1v) is 9.68. The van der Waals surface area contributed by atoms with Crippen molar-refractivity contribution in [3.63, 3.8) is 0 Å². The molecular formula is C22H20N2O3S. The average Bonchev–Trinajstić information content (AvgIpc) is 3.04. The number of amides is 1. The van der Waals surface area contributed by atoms with Gasteiger partial charge in [0, 0.05) is 24.1 Å². The minimum absolute atomic E-state index is 0.169. The highest BCUT2D eigenvalue weighted by atomic mass is 32.1. The number of carbonyl (C=O) groups excluding carboxylic acids is 1. The van der Waals surface area contributed by atoms with Gasteiger partial charge in [-0.2, -0.15) is 4.99 Å².